The predicted molar refractivity (Wildman–Crippen MR) is 111 cm³/mol. The molecule has 0 atom stereocenters. The summed E-state index contributed by atoms with van der Waals surface area (Å²) in [6, 6.07) is 12.4. The molecular weight excluding hydrogens is 427 g/mol. The number of halogens is 2. The van der Waals surface area contributed by atoms with Gasteiger partial charge in [0.1, 0.15) is 5.52 Å². The molecule has 0 fully saturated rings. The topological polar surface area (TPSA) is 76.1 Å². The standard InChI is InChI=1S/C18H16Cl2N2O3S2/c19-13-8-9-14-17(16(13)20)22-18(26-14)21-15(23)7-4-10-27(24,25)11-12-5-2-1-3-6-12/h1-3,5-6,8-9H,4,7,10-11H2,(H,21,22,23). The average Bonchev–Trinajstić information content (AvgIpc) is 3.02. The van der Waals surface area contributed by atoms with Crippen molar-refractivity contribution in [2.24, 2.45) is 0 Å². The van der Waals surface area contributed by atoms with Crippen molar-refractivity contribution < 1.29 is 13.2 Å². The number of carbonyl (C=O) groups is 1. The van der Waals surface area contributed by atoms with Gasteiger partial charge in [-0.1, -0.05) is 64.9 Å². The van der Waals surface area contributed by atoms with Crippen LogP contribution < -0.4 is 5.32 Å². The van der Waals surface area contributed by atoms with Crippen LogP contribution in [0.4, 0.5) is 5.13 Å². The van der Waals surface area contributed by atoms with E-state index in [-0.39, 0.29) is 30.3 Å². The van der Waals surface area contributed by atoms with E-state index >= 15 is 0 Å². The van der Waals surface area contributed by atoms with Gasteiger partial charge in [0, 0.05) is 6.42 Å². The molecule has 0 saturated carbocycles. The Bertz CT molecular complexity index is 1070. The first-order valence-corrected chi connectivity index (χ1v) is 11.5. The van der Waals surface area contributed by atoms with Gasteiger partial charge in [0.05, 0.1) is 26.3 Å². The number of aromatic nitrogens is 1. The normalized spacial score (nSPS) is 11.6. The zero-order valence-corrected chi connectivity index (χ0v) is 17.3. The van der Waals surface area contributed by atoms with E-state index in [0.717, 1.165) is 10.3 Å². The molecule has 0 saturated heterocycles. The van der Waals surface area contributed by atoms with Gasteiger partial charge in [0.2, 0.25) is 5.91 Å². The van der Waals surface area contributed by atoms with Gasteiger partial charge in [-0.2, -0.15) is 0 Å². The Kier molecular flexibility index (Phi) is 6.37. The summed E-state index contributed by atoms with van der Waals surface area (Å²) < 4.78 is 25.1. The lowest BCUT2D eigenvalue weighted by molar-refractivity contribution is -0.116. The molecule has 1 amide bonds. The van der Waals surface area contributed by atoms with Gasteiger partial charge in [0.15, 0.2) is 15.0 Å². The van der Waals surface area contributed by atoms with Crippen molar-refractivity contribution in [3.63, 3.8) is 0 Å². The van der Waals surface area contributed by atoms with Crippen molar-refractivity contribution in [3.05, 3.63) is 58.1 Å². The number of sulfone groups is 1. The molecule has 1 heterocycles. The summed E-state index contributed by atoms with van der Waals surface area (Å²) in [5.41, 5.74) is 1.28. The largest absolute Gasteiger partial charge is 0.302 e. The molecule has 0 unspecified atom stereocenters. The quantitative estimate of drug-likeness (QED) is 0.562. The molecule has 0 aliphatic heterocycles. The number of fused-ring (bicyclic) bond motifs is 1. The zero-order chi connectivity index (χ0) is 19.4. The van der Waals surface area contributed by atoms with Crippen molar-refractivity contribution in [1.82, 2.24) is 4.98 Å². The molecule has 9 heteroatoms. The highest BCUT2D eigenvalue weighted by atomic mass is 35.5. The number of rotatable bonds is 7. The Morgan fingerprint density at radius 2 is 1.85 bits per heavy atom. The molecule has 3 aromatic rings. The molecule has 0 aliphatic carbocycles. The summed E-state index contributed by atoms with van der Waals surface area (Å²) in [7, 11) is -3.26. The van der Waals surface area contributed by atoms with Crippen LogP contribution in [0, 0.1) is 0 Å². The van der Waals surface area contributed by atoms with Gasteiger partial charge in [-0.05, 0) is 24.1 Å². The summed E-state index contributed by atoms with van der Waals surface area (Å²) in [5.74, 6) is -0.352. The minimum atomic E-state index is -3.26. The molecule has 0 bridgehead atoms. The fraction of sp³-hybridized carbons (Fsp3) is 0.222. The second-order valence-corrected chi connectivity index (χ2v) is 9.96. The van der Waals surface area contributed by atoms with Crippen molar-refractivity contribution >= 4 is 65.6 Å². The van der Waals surface area contributed by atoms with E-state index in [1.165, 1.54) is 11.3 Å². The summed E-state index contributed by atoms with van der Waals surface area (Å²) >= 11 is 13.4. The lowest BCUT2D eigenvalue weighted by atomic mass is 10.2. The van der Waals surface area contributed by atoms with Crippen molar-refractivity contribution in [1.29, 1.82) is 0 Å². The number of thiazole rings is 1. The highest BCUT2D eigenvalue weighted by molar-refractivity contribution is 7.90. The van der Waals surface area contributed by atoms with Crippen LogP contribution >= 0.6 is 34.5 Å². The number of benzene rings is 2. The smallest absolute Gasteiger partial charge is 0.226 e. The van der Waals surface area contributed by atoms with Crippen LogP contribution in [0.3, 0.4) is 0 Å². The Morgan fingerprint density at radius 1 is 1.11 bits per heavy atom. The Morgan fingerprint density at radius 3 is 2.59 bits per heavy atom. The molecule has 0 radical (unpaired) electrons. The lowest BCUT2D eigenvalue weighted by Gasteiger charge is -2.05. The van der Waals surface area contributed by atoms with Crippen LogP contribution in [0.15, 0.2) is 42.5 Å². The maximum atomic E-state index is 12.2. The van der Waals surface area contributed by atoms with Gasteiger partial charge < -0.3 is 5.32 Å². The van der Waals surface area contributed by atoms with Crippen LogP contribution in [0.2, 0.25) is 10.0 Å². The van der Waals surface area contributed by atoms with E-state index < -0.39 is 9.84 Å². The molecule has 0 aliphatic rings. The fourth-order valence-electron chi connectivity index (χ4n) is 2.53. The predicted octanol–water partition coefficient (Wildman–Crippen LogP) is 4.94. The SMILES string of the molecule is O=C(CCCS(=O)(=O)Cc1ccccc1)Nc1nc2c(Cl)c(Cl)ccc2s1. The first kappa shape index (κ1) is 20.1. The number of amides is 1. The summed E-state index contributed by atoms with van der Waals surface area (Å²) in [4.78, 5) is 16.4. The number of anilines is 1. The Labute approximate surface area is 171 Å². The Hall–Kier alpha value is -1.67. The monoisotopic (exact) mass is 442 g/mol. The van der Waals surface area contributed by atoms with E-state index in [4.69, 9.17) is 23.2 Å². The third-order valence-corrected chi connectivity index (χ3v) is 7.20. The fourth-order valence-corrected chi connectivity index (χ4v) is 5.26. The highest BCUT2D eigenvalue weighted by Gasteiger charge is 2.15. The number of hydrogen-bond acceptors (Lipinski definition) is 5. The summed E-state index contributed by atoms with van der Waals surface area (Å²) in [6.07, 6.45) is 0.344. The molecule has 142 valence electrons. The first-order valence-electron chi connectivity index (χ1n) is 8.13. The van der Waals surface area contributed by atoms with E-state index in [2.05, 4.69) is 10.3 Å². The average molecular weight is 443 g/mol. The van der Waals surface area contributed by atoms with Crippen LogP contribution in [0.1, 0.15) is 18.4 Å². The first-order chi connectivity index (χ1) is 12.8. The van der Waals surface area contributed by atoms with E-state index in [0.29, 0.717) is 20.7 Å². The third-order valence-electron chi connectivity index (χ3n) is 3.79. The number of carbonyl (C=O) groups excluding carboxylic acids is 1. The van der Waals surface area contributed by atoms with Gasteiger partial charge in [-0.15, -0.1) is 0 Å². The molecule has 1 aromatic heterocycles. The second kappa shape index (κ2) is 8.56. The summed E-state index contributed by atoms with van der Waals surface area (Å²) in [5, 5.41) is 3.84. The second-order valence-electron chi connectivity index (χ2n) is 5.96. The van der Waals surface area contributed by atoms with Gasteiger partial charge in [-0.3, -0.25) is 4.79 Å². The molecule has 2 aromatic carbocycles. The van der Waals surface area contributed by atoms with Gasteiger partial charge >= 0.3 is 0 Å². The Balaban J connectivity index is 1.53. The van der Waals surface area contributed by atoms with Crippen molar-refractivity contribution in [3.8, 4) is 0 Å². The third kappa shape index (κ3) is 5.42. The maximum Gasteiger partial charge on any atom is 0.226 e. The molecule has 3 rings (SSSR count). The van der Waals surface area contributed by atoms with Gasteiger partial charge in [-0.25, -0.2) is 13.4 Å². The van der Waals surface area contributed by atoms with Crippen molar-refractivity contribution in [2.45, 2.75) is 18.6 Å². The van der Waals surface area contributed by atoms with Crippen LogP contribution in [-0.4, -0.2) is 25.1 Å². The van der Waals surface area contributed by atoms with E-state index in [1.807, 2.05) is 6.07 Å². The number of hydrogen-bond donors (Lipinski definition) is 1. The molecule has 1 N–H and O–H groups in total. The minimum Gasteiger partial charge on any atom is -0.302 e. The zero-order valence-electron chi connectivity index (χ0n) is 14.1. The molecule has 0 spiro atoms. The van der Waals surface area contributed by atoms with Crippen LogP contribution in [-0.2, 0) is 20.4 Å². The number of nitrogens with one attached hydrogen (secondary N) is 1. The van der Waals surface area contributed by atoms with Gasteiger partial charge in [0.25, 0.3) is 0 Å². The summed E-state index contributed by atoms with van der Waals surface area (Å²) in [6.45, 7) is 0. The van der Waals surface area contributed by atoms with E-state index in [1.54, 1.807) is 36.4 Å². The number of nitrogens with zero attached hydrogens (tertiary/aromatic N) is 1. The molecule has 27 heavy (non-hydrogen) atoms. The molecular formula is C18H16Cl2N2O3S2. The van der Waals surface area contributed by atoms with E-state index in [9.17, 15) is 13.2 Å². The lowest BCUT2D eigenvalue weighted by Crippen LogP contribution is -2.15. The van der Waals surface area contributed by atoms with Crippen LogP contribution in [0.5, 0.6) is 0 Å². The van der Waals surface area contributed by atoms with Crippen molar-refractivity contribution in [2.75, 3.05) is 11.1 Å². The highest BCUT2D eigenvalue weighted by Crippen LogP contribution is 2.35. The molecule has 5 nitrogen and oxygen atoms in total. The van der Waals surface area contributed by atoms with Crippen LogP contribution in [0.25, 0.3) is 10.2 Å². The maximum absolute atomic E-state index is 12.2. The minimum absolute atomic E-state index is 0.0212.